The summed E-state index contributed by atoms with van der Waals surface area (Å²) in [7, 11) is 0. The van der Waals surface area contributed by atoms with Crippen LogP contribution in [0.2, 0.25) is 0 Å². The fourth-order valence-corrected chi connectivity index (χ4v) is 2.92. The summed E-state index contributed by atoms with van der Waals surface area (Å²) >= 11 is 0. The minimum atomic E-state index is -0.0339. The van der Waals surface area contributed by atoms with E-state index in [1.165, 1.54) is 0 Å². The highest BCUT2D eigenvalue weighted by Crippen LogP contribution is 2.15. The van der Waals surface area contributed by atoms with Crippen LogP contribution in [0.1, 0.15) is 35.7 Å². The third-order valence-electron chi connectivity index (χ3n) is 4.21. The topological polar surface area (TPSA) is 67.3 Å². The SMILES string of the molecule is CCCOc1ccc(CN2CCC(NC(=O)c3ccncc3)C2)cn1. The van der Waals surface area contributed by atoms with Crippen LogP contribution in [0.4, 0.5) is 0 Å². The van der Waals surface area contributed by atoms with E-state index in [9.17, 15) is 4.79 Å². The molecule has 6 heteroatoms. The fraction of sp³-hybridized carbons (Fsp3) is 0.421. The van der Waals surface area contributed by atoms with E-state index in [1.807, 2.05) is 12.3 Å². The van der Waals surface area contributed by atoms with Crippen LogP contribution in [0.3, 0.4) is 0 Å². The van der Waals surface area contributed by atoms with Crippen molar-refractivity contribution in [1.29, 1.82) is 0 Å². The van der Waals surface area contributed by atoms with E-state index >= 15 is 0 Å². The van der Waals surface area contributed by atoms with E-state index in [0.717, 1.165) is 38.0 Å². The maximum absolute atomic E-state index is 12.2. The maximum atomic E-state index is 12.2. The molecule has 1 atom stereocenters. The fourth-order valence-electron chi connectivity index (χ4n) is 2.92. The molecule has 0 bridgehead atoms. The first-order valence-electron chi connectivity index (χ1n) is 8.75. The molecular formula is C19H24N4O2. The van der Waals surface area contributed by atoms with Crippen molar-refractivity contribution in [1.82, 2.24) is 20.2 Å². The number of amides is 1. The van der Waals surface area contributed by atoms with Crippen molar-refractivity contribution in [2.75, 3.05) is 19.7 Å². The Morgan fingerprint density at radius 2 is 2.16 bits per heavy atom. The zero-order chi connectivity index (χ0) is 17.5. The molecule has 2 aromatic heterocycles. The predicted octanol–water partition coefficient (Wildman–Crippen LogP) is 2.27. The van der Waals surface area contributed by atoms with Crippen molar-refractivity contribution in [2.45, 2.75) is 32.4 Å². The number of hydrogen-bond acceptors (Lipinski definition) is 5. The second kappa shape index (κ2) is 8.58. The van der Waals surface area contributed by atoms with Gasteiger partial charge < -0.3 is 10.1 Å². The molecule has 1 N–H and O–H groups in total. The van der Waals surface area contributed by atoms with E-state index in [4.69, 9.17) is 4.74 Å². The molecule has 0 aromatic carbocycles. The van der Waals surface area contributed by atoms with Gasteiger partial charge in [-0.2, -0.15) is 0 Å². The Hall–Kier alpha value is -2.47. The molecule has 1 aliphatic heterocycles. The lowest BCUT2D eigenvalue weighted by atomic mass is 10.2. The molecule has 1 fully saturated rings. The Morgan fingerprint density at radius 3 is 2.88 bits per heavy atom. The lowest BCUT2D eigenvalue weighted by molar-refractivity contribution is 0.0937. The van der Waals surface area contributed by atoms with E-state index in [2.05, 4.69) is 33.2 Å². The highest BCUT2D eigenvalue weighted by atomic mass is 16.5. The Bertz CT molecular complexity index is 676. The minimum absolute atomic E-state index is 0.0339. The van der Waals surface area contributed by atoms with Crippen LogP contribution in [0.5, 0.6) is 5.88 Å². The zero-order valence-corrected chi connectivity index (χ0v) is 14.5. The average molecular weight is 340 g/mol. The van der Waals surface area contributed by atoms with Crippen LogP contribution in [-0.2, 0) is 6.54 Å². The van der Waals surface area contributed by atoms with Crippen molar-refractivity contribution < 1.29 is 9.53 Å². The first kappa shape index (κ1) is 17.4. The van der Waals surface area contributed by atoms with Crippen molar-refractivity contribution >= 4 is 5.91 Å². The summed E-state index contributed by atoms with van der Waals surface area (Å²) in [4.78, 5) is 22.8. The lowest BCUT2D eigenvalue weighted by Crippen LogP contribution is -2.37. The van der Waals surface area contributed by atoms with Crippen LogP contribution in [0, 0.1) is 0 Å². The second-order valence-corrected chi connectivity index (χ2v) is 6.28. The number of likely N-dealkylation sites (tertiary alicyclic amines) is 1. The number of nitrogens with zero attached hydrogens (tertiary/aromatic N) is 3. The molecule has 6 nitrogen and oxygen atoms in total. The summed E-state index contributed by atoms with van der Waals surface area (Å²) in [6.45, 7) is 5.42. The molecule has 1 amide bonds. The Balaban J connectivity index is 1.47. The summed E-state index contributed by atoms with van der Waals surface area (Å²) in [5.74, 6) is 0.642. The number of carbonyl (C=O) groups is 1. The molecule has 0 saturated carbocycles. The van der Waals surface area contributed by atoms with Gasteiger partial charge in [0.1, 0.15) is 0 Å². The van der Waals surface area contributed by atoms with Crippen LogP contribution in [0.25, 0.3) is 0 Å². The van der Waals surface area contributed by atoms with Crippen LogP contribution in [0.15, 0.2) is 42.9 Å². The highest BCUT2D eigenvalue weighted by Gasteiger charge is 2.24. The Kier molecular flexibility index (Phi) is 5.95. The second-order valence-electron chi connectivity index (χ2n) is 6.28. The van der Waals surface area contributed by atoms with Gasteiger partial charge in [-0.25, -0.2) is 4.98 Å². The molecule has 1 aliphatic rings. The quantitative estimate of drug-likeness (QED) is 0.837. The smallest absolute Gasteiger partial charge is 0.251 e. The van der Waals surface area contributed by atoms with Crippen molar-refractivity contribution in [2.24, 2.45) is 0 Å². The number of carbonyl (C=O) groups excluding carboxylic acids is 1. The minimum Gasteiger partial charge on any atom is -0.478 e. The van der Waals surface area contributed by atoms with Gasteiger partial charge in [0.25, 0.3) is 5.91 Å². The molecule has 0 aliphatic carbocycles. The third-order valence-corrected chi connectivity index (χ3v) is 4.21. The van der Waals surface area contributed by atoms with Gasteiger partial charge >= 0.3 is 0 Å². The van der Waals surface area contributed by atoms with Crippen molar-refractivity contribution in [3.63, 3.8) is 0 Å². The molecule has 0 spiro atoms. The van der Waals surface area contributed by atoms with Gasteiger partial charge in [-0.15, -0.1) is 0 Å². The summed E-state index contributed by atoms with van der Waals surface area (Å²) in [5.41, 5.74) is 1.81. The predicted molar refractivity (Wildman–Crippen MR) is 95.4 cm³/mol. The van der Waals surface area contributed by atoms with Gasteiger partial charge in [0, 0.05) is 55.9 Å². The van der Waals surface area contributed by atoms with E-state index in [-0.39, 0.29) is 11.9 Å². The van der Waals surface area contributed by atoms with E-state index in [0.29, 0.717) is 18.1 Å². The van der Waals surface area contributed by atoms with Gasteiger partial charge in [-0.1, -0.05) is 13.0 Å². The molecular weight excluding hydrogens is 316 g/mol. The van der Waals surface area contributed by atoms with Gasteiger partial charge in [0.2, 0.25) is 5.88 Å². The number of nitrogens with one attached hydrogen (secondary N) is 1. The Labute approximate surface area is 148 Å². The number of hydrogen-bond donors (Lipinski definition) is 1. The third kappa shape index (κ3) is 5.00. The van der Waals surface area contributed by atoms with Gasteiger partial charge in [0.05, 0.1) is 6.61 Å². The van der Waals surface area contributed by atoms with Crippen molar-refractivity contribution in [3.05, 3.63) is 54.0 Å². The summed E-state index contributed by atoms with van der Waals surface area (Å²) in [6.07, 6.45) is 7.08. The average Bonchev–Trinajstić information content (AvgIpc) is 3.08. The molecule has 3 rings (SSSR count). The van der Waals surface area contributed by atoms with Gasteiger partial charge in [-0.05, 0) is 30.5 Å². The van der Waals surface area contributed by atoms with Gasteiger partial charge in [0.15, 0.2) is 0 Å². The molecule has 2 aromatic rings. The standard InChI is InChI=1S/C19H24N4O2/c1-2-11-25-18-4-3-15(12-21-18)13-23-10-7-17(14-23)22-19(24)16-5-8-20-9-6-16/h3-6,8-9,12,17H,2,7,10-11,13-14H2,1H3,(H,22,24). The van der Waals surface area contributed by atoms with Crippen molar-refractivity contribution in [3.8, 4) is 5.88 Å². The Morgan fingerprint density at radius 1 is 1.32 bits per heavy atom. The lowest BCUT2D eigenvalue weighted by Gasteiger charge is -2.17. The van der Waals surface area contributed by atoms with E-state index < -0.39 is 0 Å². The largest absolute Gasteiger partial charge is 0.478 e. The zero-order valence-electron chi connectivity index (χ0n) is 14.5. The van der Waals surface area contributed by atoms with Crippen LogP contribution >= 0.6 is 0 Å². The maximum Gasteiger partial charge on any atom is 0.251 e. The highest BCUT2D eigenvalue weighted by molar-refractivity contribution is 5.94. The monoisotopic (exact) mass is 340 g/mol. The van der Waals surface area contributed by atoms with Crippen LogP contribution in [-0.4, -0.2) is 46.5 Å². The molecule has 1 unspecified atom stereocenters. The summed E-state index contributed by atoms with van der Waals surface area (Å²) in [6, 6.07) is 7.62. The summed E-state index contributed by atoms with van der Waals surface area (Å²) in [5, 5.41) is 3.10. The normalized spacial score (nSPS) is 17.4. The number of aromatic nitrogens is 2. The molecule has 25 heavy (non-hydrogen) atoms. The first-order valence-corrected chi connectivity index (χ1v) is 8.75. The summed E-state index contributed by atoms with van der Waals surface area (Å²) < 4.78 is 5.51. The number of rotatable bonds is 7. The molecule has 1 saturated heterocycles. The molecule has 132 valence electrons. The van der Waals surface area contributed by atoms with Gasteiger partial charge in [-0.3, -0.25) is 14.7 Å². The number of pyridine rings is 2. The van der Waals surface area contributed by atoms with Crippen LogP contribution < -0.4 is 10.1 Å². The molecule has 3 heterocycles. The first-order chi connectivity index (χ1) is 12.2. The van der Waals surface area contributed by atoms with E-state index in [1.54, 1.807) is 24.5 Å². The molecule has 0 radical (unpaired) electrons. The number of ether oxygens (including phenoxy) is 1.